The van der Waals surface area contributed by atoms with E-state index in [2.05, 4.69) is 5.32 Å². The normalized spacial score (nSPS) is 11.6. The highest BCUT2D eigenvalue weighted by molar-refractivity contribution is 6.42. The Morgan fingerprint density at radius 3 is 2.42 bits per heavy atom. The fourth-order valence-corrected chi connectivity index (χ4v) is 1.50. The molecule has 1 aromatic rings. The van der Waals surface area contributed by atoms with Crippen molar-refractivity contribution in [2.45, 2.75) is 19.4 Å². The standard InChI is InChI=1S/C13H13Cl2NO3/c1-13(2,12(18)19)16-11(17)6-4-8-3-5-9(14)10(15)7-8/h3-7H,1-2H3,(H,16,17)(H,18,19). The van der Waals surface area contributed by atoms with Crippen molar-refractivity contribution in [3.8, 4) is 0 Å². The number of hydrogen-bond donors (Lipinski definition) is 2. The molecular formula is C13H13Cl2NO3. The highest BCUT2D eigenvalue weighted by Gasteiger charge is 2.27. The number of nitrogens with one attached hydrogen (secondary N) is 1. The second kappa shape index (κ2) is 6.08. The molecule has 0 bridgehead atoms. The number of carbonyl (C=O) groups excluding carboxylic acids is 1. The minimum Gasteiger partial charge on any atom is -0.480 e. The number of carboxylic acids is 1. The van der Waals surface area contributed by atoms with Crippen LogP contribution in [0.25, 0.3) is 6.08 Å². The van der Waals surface area contributed by atoms with Crippen molar-refractivity contribution in [3.05, 3.63) is 39.9 Å². The first kappa shape index (κ1) is 15.5. The van der Waals surface area contributed by atoms with Gasteiger partial charge in [0.25, 0.3) is 0 Å². The van der Waals surface area contributed by atoms with Gasteiger partial charge in [-0.25, -0.2) is 4.79 Å². The second-order valence-electron chi connectivity index (χ2n) is 4.43. The molecule has 4 nitrogen and oxygen atoms in total. The van der Waals surface area contributed by atoms with Crippen LogP contribution in [-0.4, -0.2) is 22.5 Å². The highest BCUT2D eigenvalue weighted by Crippen LogP contribution is 2.23. The van der Waals surface area contributed by atoms with Gasteiger partial charge in [-0.3, -0.25) is 4.79 Å². The first-order valence-electron chi connectivity index (χ1n) is 5.41. The van der Waals surface area contributed by atoms with Crippen LogP contribution in [0.3, 0.4) is 0 Å². The number of hydrogen-bond acceptors (Lipinski definition) is 2. The number of carbonyl (C=O) groups is 2. The van der Waals surface area contributed by atoms with Gasteiger partial charge in [0, 0.05) is 6.08 Å². The second-order valence-corrected chi connectivity index (χ2v) is 5.24. The van der Waals surface area contributed by atoms with Crippen molar-refractivity contribution < 1.29 is 14.7 Å². The van der Waals surface area contributed by atoms with Crippen molar-refractivity contribution in [2.75, 3.05) is 0 Å². The Morgan fingerprint density at radius 1 is 1.26 bits per heavy atom. The molecule has 0 saturated heterocycles. The molecule has 0 heterocycles. The molecule has 0 aliphatic rings. The van der Waals surface area contributed by atoms with Crippen molar-refractivity contribution >= 4 is 41.2 Å². The van der Waals surface area contributed by atoms with Crippen LogP contribution in [0.4, 0.5) is 0 Å². The summed E-state index contributed by atoms with van der Waals surface area (Å²) in [6.07, 6.45) is 2.76. The quantitative estimate of drug-likeness (QED) is 0.840. The van der Waals surface area contributed by atoms with E-state index in [1.165, 1.54) is 26.0 Å². The van der Waals surface area contributed by atoms with E-state index >= 15 is 0 Å². The molecule has 0 radical (unpaired) electrons. The van der Waals surface area contributed by atoms with Crippen LogP contribution in [-0.2, 0) is 9.59 Å². The molecule has 0 aliphatic carbocycles. The third kappa shape index (κ3) is 4.58. The summed E-state index contributed by atoms with van der Waals surface area (Å²) in [5.41, 5.74) is -0.628. The van der Waals surface area contributed by atoms with Crippen molar-refractivity contribution in [3.63, 3.8) is 0 Å². The summed E-state index contributed by atoms with van der Waals surface area (Å²) in [6.45, 7) is 2.81. The van der Waals surface area contributed by atoms with E-state index < -0.39 is 17.4 Å². The Morgan fingerprint density at radius 2 is 1.89 bits per heavy atom. The Hall–Kier alpha value is -1.52. The van der Waals surface area contributed by atoms with Crippen LogP contribution in [0.5, 0.6) is 0 Å². The average Bonchev–Trinajstić information content (AvgIpc) is 2.30. The molecule has 0 aliphatic heterocycles. The lowest BCUT2D eigenvalue weighted by atomic mass is 10.1. The number of aliphatic carboxylic acids is 1. The maximum atomic E-state index is 11.6. The third-order valence-corrected chi connectivity index (χ3v) is 3.08. The first-order valence-corrected chi connectivity index (χ1v) is 6.16. The van der Waals surface area contributed by atoms with Crippen molar-refractivity contribution in [1.29, 1.82) is 0 Å². The van der Waals surface area contributed by atoms with Gasteiger partial charge < -0.3 is 10.4 Å². The SMILES string of the molecule is CC(C)(NC(=O)C=Cc1ccc(Cl)c(Cl)c1)C(=O)O. The van der Waals surface area contributed by atoms with Crippen LogP contribution in [0.15, 0.2) is 24.3 Å². The Bertz CT molecular complexity index is 539. The van der Waals surface area contributed by atoms with Gasteiger partial charge >= 0.3 is 5.97 Å². The van der Waals surface area contributed by atoms with Crippen LogP contribution in [0.1, 0.15) is 19.4 Å². The summed E-state index contributed by atoms with van der Waals surface area (Å²) in [5.74, 6) is -1.61. The summed E-state index contributed by atoms with van der Waals surface area (Å²) in [6, 6.07) is 4.92. The molecule has 1 amide bonds. The molecule has 0 unspecified atom stereocenters. The molecule has 0 spiro atoms. The van der Waals surface area contributed by atoms with E-state index in [0.717, 1.165) is 0 Å². The third-order valence-electron chi connectivity index (χ3n) is 2.34. The van der Waals surface area contributed by atoms with Gasteiger partial charge in [0.2, 0.25) is 5.91 Å². The number of amides is 1. The molecule has 1 aromatic carbocycles. The lowest BCUT2D eigenvalue weighted by Crippen LogP contribution is -2.49. The Balaban J connectivity index is 2.74. The van der Waals surface area contributed by atoms with Gasteiger partial charge in [0.05, 0.1) is 10.0 Å². The largest absolute Gasteiger partial charge is 0.480 e. The zero-order valence-electron chi connectivity index (χ0n) is 10.4. The van der Waals surface area contributed by atoms with E-state index in [1.807, 2.05) is 0 Å². The first-order chi connectivity index (χ1) is 8.72. The van der Waals surface area contributed by atoms with E-state index in [1.54, 1.807) is 18.2 Å². The van der Waals surface area contributed by atoms with Crippen LogP contribution in [0, 0.1) is 0 Å². The molecule has 0 saturated carbocycles. The summed E-state index contributed by atoms with van der Waals surface area (Å²) >= 11 is 11.6. The zero-order chi connectivity index (χ0) is 14.6. The average molecular weight is 302 g/mol. The molecule has 2 N–H and O–H groups in total. The number of rotatable bonds is 4. The lowest BCUT2D eigenvalue weighted by molar-refractivity contribution is -0.145. The number of benzene rings is 1. The van der Waals surface area contributed by atoms with Crippen LogP contribution in [0.2, 0.25) is 10.0 Å². The summed E-state index contributed by atoms with van der Waals surface area (Å²) < 4.78 is 0. The summed E-state index contributed by atoms with van der Waals surface area (Å²) in [4.78, 5) is 22.4. The van der Waals surface area contributed by atoms with Crippen LogP contribution >= 0.6 is 23.2 Å². The minimum absolute atomic E-state index is 0.384. The van der Waals surface area contributed by atoms with Gasteiger partial charge in [-0.15, -0.1) is 0 Å². The predicted molar refractivity (Wildman–Crippen MR) is 75.4 cm³/mol. The van der Waals surface area contributed by atoms with E-state index in [-0.39, 0.29) is 0 Å². The van der Waals surface area contributed by atoms with Gasteiger partial charge in [-0.05, 0) is 37.6 Å². The molecule has 1 rings (SSSR count). The van der Waals surface area contributed by atoms with Crippen molar-refractivity contribution in [1.82, 2.24) is 5.32 Å². The molecular weight excluding hydrogens is 289 g/mol. The van der Waals surface area contributed by atoms with E-state index in [9.17, 15) is 9.59 Å². The number of carboxylic acid groups (broad SMARTS) is 1. The fourth-order valence-electron chi connectivity index (χ4n) is 1.19. The Labute approximate surface area is 121 Å². The molecule has 102 valence electrons. The monoisotopic (exact) mass is 301 g/mol. The Kier molecular flexibility index (Phi) is 4.97. The predicted octanol–water partition coefficient (Wildman–Crippen LogP) is 2.99. The molecule has 0 atom stereocenters. The topological polar surface area (TPSA) is 66.4 Å². The maximum absolute atomic E-state index is 11.6. The van der Waals surface area contributed by atoms with Gasteiger partial charge in [0.15, 0.2) is 0 Å². The van der Waals surface area contributed by atoms with E-state index in [4.69, 9.17) is 28.3 Å². The lowest BCUT2D eigenvalue weighted by Gasteiger charge is -2.19. The molecule has 6 heteroatoms. The smallest absolute Gasteiger partial charge is 0.328 e. The molecule has 0 fully saturated rings. The molecule has 19 heavy (non-hydrogen) atoms. The summed E-state index contributed by atoms with van der Waals surface area (Å²) in [7, 11) is 0. The fraction of sp³-hybridized carbons (Fsp3) is 0.231. The van der Waals surface area contributed by atoms with Gasteiger partial charge in [-0.2, -0.15) is 0 Å². The summed E-state index contributed by atoms with van der Waals surface area (Å²) in [5, 5.41) is 12.0. The molecule has 0 aromatic heterocycles. The van der Waals surface area contributed by atoms with E-state index in [0.29, 0.717) is 15.6 Å². The van der Waals surface area contributed by atoms with Gasteiger partial charge in [0.1, 0.15) is 5.54 Å². The van der Waals surface area contributed by atoms with Gasteiger partial charge in [-0.1, -0.05) is 29.3 Å². The zero-order valence-corrected chi connectivity index (χ0v) is 11.9. The maximum Gasteiger partial charge on any atom is 0.328 e. The minimum atomic E-state index is -1.32. The highest BCUT2D eigenvalue weighted by atomic mass is 35.5. The van der Waals surface area contributed by atoms with Crippen molar-refractivity contribution in [2.24, 2.45) is 0 Å². The van der Waals surface area contributed by atoms with Crippen LogP contribution < -0.4 is 5.32 Å². The number of halogens is 2.